The minimum atomic E-state index is -1.17. The molecule has 3 aromatic carbocycles. The van der Waals surface area contributed by atoms with Gasteiger partial charge in [-0.15, -0.1) is 11.3 Å². The number of nitrogens with one attached hydrogen (secondary N) is 1. The quantitative estimate of drug-likeness (QED) is 0.136. The maximum absolute atomic E-state index is 14.5. The van der Waals surface area contributed by atoms with E-state index in [1.807, 2.05) is 73.7 Å². The Morgan fingerprint density at radius 3 is 2.54 bits per heavy atom. The topological polar surface area (TPSA) is 89.9 Å². The van der Waals surface area contributed by atoms with Gasteiger partial charge in [-0.2, -0.15) is 0 Å². The largest absolute Gasteiger partial charge is 0.393 e. The molecule has 7 heteroatoms. The maximum atomic E-state index is 14.5. The van der Waals surface area contributed by atoms with Crippen molar-refractivity contribution in [2.45, 2.75) is 89.8 Å². The molecule has 0 unspecified atom stereocenters. The van der Waals surface area contributed by atoms with Crippen LogP contribution in [-0.4, -0.2) is 51.7 Å². The van der Waals surface area contributed by atoms with E-state index in [1.54, 1.807) is 4.90 Å². The molecule has 1 fully saturated rings. The van der Waals surface area contributed by atoms with Gasteiger partial charge < -0.3 is 20.4 Å². The van der Waals surface area contributed by atoms with Crippen molar-refractivity contribution in [2.24, 2.45) is 5.41 Å². The fourth-order valence-corrected chi connectivity index (χ4v) is 9.00. The highest BCUT2D eigenvalue weighted by Crippen LogP contribution is 2.59. The number of thiophene rings is 1. The number of aliphatic hydroxyl groups is 2. The van der Waals surface area contributed by atoms with Crippen LogP contribution in [0, 0.1) is 5.41 Å². The summed E-state index contributed by atoms with van der Waals surface area (Å²) in [6, 6.07) is 25.4. The van der Waals surface area contributed by atoms with Gasteiger partial charge in [0.15, 0.2) is 0 Å². The average molecular weight is 665 g/mol. The number of ketones is 1. The number of amides is 2. The predicted molar refractivity (Wildman–Crippen MR) is 196 cm³/mol. The van der Waals surface area contributed by atoms with Gasteiger partial charge in [-0.1, -0.05) is 74.0 Å². The molecule has 4 atom stereocenters. The highest BCUT2D eigenvalue weighted by Gasteiger charge is 2.57. The lowest BCUT2D eigenvalue weighted by Gasteiger charge is -2.46. The molecule has 2 amide bonds. The van der Waals surface area contributed by atoms with E-state index >= 15 is 0 Å². The zero-order valence-electron chi connectivity index (χ0n) is 28.4. The van der Waals surface area contributed by atoms with E-state index < -0.39 is 17.1 Å². The molecule has 7 rings (SSSR count). The summed E-state index contributed by atoms with van der Waals surface area (Å²) in [6.07, 6.45) is 7.12. The number of urea groups is 1. The Balaban J connectivity index is 1.41. The van der Waals surface area contributed by atoms with Crippen LogP contribution < -0.4 is 5.32 Å². The van der Waals surface area contributed by atoms with Crippen molar-refractivity contribution in [1.82, 2.24) is 4.90 Å². The second kappa shape index (κ2) is 14.4. The summed E-state index contributed by atoms with van der Waals surface area (Å²) in [7, 11) is 0. The van der Waals surface area contributed by atoms with Gasteiger partial charge in [0.05, 0.1) is 23.1 Å². The number of carbonyl (C=O) groups is 2. The van der Waals surface area contributed by atoms with Crippen LogP contribution in [0.4, 0.5) is 10.5 Å². The summed E-state index contributed by atoms with van der Waals surface area (Å²) in [5.74, 6) is -0.120. The van der Waals surface area contributed by atoms with Gasteiger partial charge in [0, 0.05) is 27.9 Å². The van der Waals surface area contributed by atoms with Gasteiger partial charge in [0.25, 0.3) is 0 Å². The third-order valence-corrected chi connectivity index (χ3v) is 11.9. The Morgan fingerprint density at radius 1 is 1.00 bits per heavy atom. The van der Waals surface area contributed by atoms with Crippen LogP contribution >= 0.6 is 11.3 Å². The molecule has 0 radical (unpaired) electrons. The van der Waals surface area contributed by atoms with Crippen molar-refractivity contribution in [3.8, 4) is 0 Å². The van der Waals surface area contributed by atoms with E-state index in [0.717, 1.165) is 46.2 Å². The molecule has 3 aliphatic rings. The first kappa shape index (κ1) is 34.1. The zero-order chi connectivity index (χ0) is 33.9. The van der Waals surface area contributed by atoms with Crippen LogP contribution in [0.1, 0.15) is 98.0 Å². The second-order valence-corrected chi connectivity index (χ2v) is 15.2. The third kappa shape index (κ3) is 7.00. The van der Waals surface area contributed by atoms with Gasteiger partial charge in [0.2, 0.25) is 5.78 Å². The lowest BCUT2D eigenvalue weighted by Crippen LogP contribution is -2.54. The van der Waals surface area contributed by atoms with E-state index in [1.165, 1.54) is 16.9 Å². The minimum absolute atomic E-state index is 0.0157. The normalized spacial score (nSPS) is 24.5. The molecule has 1 heterocycles. The first-order valence-electron chi connectivity index (χ1n) is 17.4. The number of nitrogens with zero attached hydrogens (tertiary/aromatic N) is 1. The Hall–Kier alpha value is -3.78. The fourth-order valence-electron chi connectivity index (χ4n) is 7.99. The lowest BCUT2D eigenvalue weighted by molar-refractivity contribution is -0.0763. The average Bonchev–Trinajstić information content (AvgIpc) is 3.62. The number of aliphatic hydroxyl groups excluding tert-OH is 1. The fraction of sp³-hybridized carbons (Fsp3) is 0.415. The van der Waals surface area contributed by atoms with Crippen LogP contribution in [0.5, 0.6) is 0 Å². The summed E-state index contributed by atoms with van der Waals surface area (Å²) in [6.45, 7) is 7.06. The van der Waals surface area contributed by atoms with Gasteiger partial charge in [0.1, 0.15) is 0 Å². The third-order valence-electron chi connectivity index (χ3n) is 10.8. The number of para-hydroxylation sites is 1. The summed E-state index contributed by atoms with van der Waals surface area (Å²) in [5, 5.41) is 27.8. The first-order valence-corrected chi connectivity index (χ1v) is 18.2. The Bertz CT molecular complexity index is 1770. The molecule has 48 heavy (non-hydrogen) atoms. The lowest BCUT2D eigenvalue weighted by atomic mass is 9.64. The molecule has 2 bridgehead atoms. The summed E-state index contributed by atoms with van der Waals surface area (Å²) in [5.41, 5.74) is 2.70. The summed E-state index contributed by atoms with van der Waals surface area (Å²) in [4.78, 5) is 30.6. The molecular formula is C41H48N2O4S. The monoisotopic (exact) mass is 664 g/mol. The Morgan fingerprint density at radius 2 is 1.77 bits per heavy atom. The summed E-state index contributed by atoms with van der Waals surface area (Å²) >= 11 is 1.51. The first-order chi connectivity index (χ1) is 23.1. The van der Waals surface area contributed by atoms with Crippen LogP contribution in [0.15, 0.2) is 90.5 Å². The molecule has 1 saturated carbocycles. The Labute approximate surface area is 288 Å². The molecule has 4 aromatic rings. The number of hydrogen-bond acceptors (Lipinski definition) is 5. The number of fused-ring (bicyclic) bond motifs is 9. The molecule has 1 aromatic heterocycles. The number of rotatable bonds is 7. The van der Waals surface area contributed by atoms with Crippen molar-refractivity contribution in [2.75, 3.05) is 18.4 Å². The van der Waals surface area contributed by atoms with E-state index in [2.05, 4.69) is 37.4 Å². The van der Waals surface area contributed by atoms with Crippen molar-refractivity contribution >= 4 is 38.9 Å². The standard InChI is InChI=1S/C41H48N2O4S/c1-4-23-43(39(46)42-31-13-6-5-7-14-31)27-41(47)22-20-35-33-19-17-29(24-32(44)18-16-28(2)11-10-21-40(35,41)3)25-34(33)38(45)37-26-30-12-8-9-15-36(30)48-37/h5-9,11-15,17,19,25-26,32,35,44,47H,4,10,16,18,20-24,27H2,1-3H3,(H,42,46)/t32-,35-,40-,41+/m0/s1. The van der Waals surface area contributed by atoms with Gasteiger partial charge in [-0.25, -0.2) is 4.79 Å². The highest BCUT2D eigenvalue weighted by atomic mass is 32.1. The van der Waals surface area contributed by atoms with E-state index in [0.29, 0.717) is 49.1 Å². The number of allylic oxidation sites excluding steroid dienone is 2. The zero-order valence-corrected chi connectivity index (χ0v) is 29.2. The van der Waals surface area contributed by atoms with Gasteiger partial charge >= 0.3 is 6.03 Å². The number of carbonyl (C=O) groups excluding carboxylic acids is 2. The number of benzene rings is 3. The molecule has 3 aliphatic carbocycles. The van der Waals surface area contributed by atoms with Crippen molar-refractivity contribution in [3.63, 3.8) is 0 Å². The number of anilines is 1. The van der Waals surface area contributed by atoms with Crippen LogP contribution in [0.3, 0.4) is 0 Å². The predicted octanol–water partition coefficient (Wildman–Crippen LogP) is 9.11. The summed E-state index contributed by atoms with van der Waals surface area (Å²) < 4.78 is 1.07. The van der Waals surface area contributed by atoms with Crippen molar-refractivity contribution < 1.29 is 19.8 Å². The SMILES string of the molecule is CCCN(C[C@]1(O)CC[C@H]2c3ccc(cc3C(=O)c3cc4ccccc4s3)C[C@@H](O)CCC(C)=CCC[C@@]21C)C(=O)Nc1ccccc1. The molecule has 3 N–H and O–H groups in total. The molecule has 252 valence electrons. The smallest absolute Gasteiger partial charge is 0.321 e. The van der Waals surface area contributed by atoms with Crippen LogP contribution in [-0.2, 0) is 6.42 Å². The molecule has 0 aliphatic heterocycles. The van der Waals surface area contributed by atoms with Gasteiger partial charge in [-0.3, -0.25) is 4.79 Å². The minimum Gasteiger partial charge on any atom is -0.393 e. The molecule has 6 nitrogen and oxygen atoms in total. The van der Waals surface area contributed by atoms with Crippen LogP contribution in [0.2, 0.25) is 0 Å². The Kier molecular flexibility index (Phi) is 10.2. The van der Waals surface area contributed by atoms with E-state index in [-0.39, 0.29) is 24.3 Å². The maximum Gasteiger partial charge on any atom is 0.321 e. The van der Waals surface area contributed by atoms with Crippen molar-refractivity contribution in [3.05, 3.63) is 112 Å². The molecular weight excluding hydrogens is 617 g/mol. The molecule has 0 spiro atoms. The van der Waals surface area contributed by atoms with E-state index in [9.17, 15) is 19.8 Å². The number of hydrogen-bond donors (Lipinski definition) is 3. The van der Waals surface area contributed by atoms with Crippen LogP contribution in [0.25, 0.3) is 10.1 Å². The second-order valence-electron chi connectivity index (χ2n) is 14.1. The van der Waals surface area contributed by atoms with E-state index in [4.69, 9.17) is 0 Å². The molecule has 0 saturated heterocycles. The van der Waals surface area contributed by atoms with Gasteiger partial charge in [-0.05, 0) is 111 Å². The highest BCUT2D eigenvalue weighted by molar-refractivity contribution is 7.21. The van der Waals surface area contributed by atoms with Crippen molar-refractivity contribution in [1.29, 1.82) is 0 Å².